The molecule has 2 aromatic rings. The van der Waals surface area contributed by atoms with Gasteiger partial charge in [-0.1, -0.05) is 24.3 Å². The zero-order valence-electron chi connectivity index (χ0n) is 14.6. The molecule has 0 bridgehead atoms. The summed E-state index contributed by atoms with van der Waals surface area (Å²) >= 11 is 0. The van der Waals surface area contributed by atoms with Gasteiger partial charge in [-0.05, 0) is 25.0 Å². The predicted molar refractivity (Wildman–Crippen MR) is 96.2 cm³/mol. The molecule has 0 aliphatic rings. The van der Waals surface area contributed by atoms with Crippen LogP contribution in [0, 0.1) is 0 Å². The van der Waals surface area contributed by atoms with Crippen molar-refractivity contribution in [1.82, 2.24) is 10.3 Å². The normalized spacial score (nSPS) is 13.2. The van der Waals surface area contributed by atoms with Crippen molar-refractivity contribution in [3.63, 3.8) is 0 Å². The second-order valence-corrected chi connectivity index (χ2v) is 5.74. The Morgan fingerprint density at radius 3 is 2.84 bits per heavy atom. The molecule has 134 valence electrons. The number of hydrogen-bond donors (Lipinski definition) is 2. The Hall–Kier alpha value is -2.60. The lowest BCUT2D eigenvalue weighted by Crippen LogP contribution is -2.47. The van der Waals surface area contributed by atoms with E-state index in [4.69, 9.17) is 9.47 Å². The van der Waals surface area contributed by atoms with Crippen LogP contribution >= 0.6 is 0 Å². The molecule has 1 unspecified atom stereocenters. The smallest absolute Gasteiger partial charge is 0.328 e. The van der Waals surface area contributed by atoms with Crippen molar-refractivity contribution < 1.29 is 19.1 Å². The highest BCUT2D eigenvalue weighted by atomic mass is 16.5. The first-order chi connectivity index (χ1) is 12.1. The molecule has 25 heavy (non-hydrogen) atoms. The summed E-state index contributed by atoms with van der Waals surface area (Å²) in [6, 6.07) is 7.02. The van der Waals surface area contributed by atoms with E-state index in [9.17, 15) is 9.59 Å². The Balaban J connectivity index is 2.07. The van der Waals surface area contributed by atoms with Crippen LogP contribution in [0.5, 0.6) is 0 Å². The van der Waals surface area contributed by atoms with Crippen LogP contribution in [0.4, 0.5) is 0 Å². The number of benzene rings is 1. The van der Waals surface area contributed by atoms with Crippen molar-refractivity contribution in [1.29, 1.82) is 0 Å². The molecule has 1 heterocycles. The average molecular weight is 344 g/mol. The molecule has 2 rings (SSSR count). The Morgan fingerprint density at radius 1 is 1.36 bits per heavy atom. The maximum Gasteiger partial charge on any atom is 0.328 e. The largest absolute Gasteiger partial charge is 0.467 e. The lowest BCUT2D eigenvalue weighted by Gasteiger charge is -2.19. The van der Waals surface area contributed by atoms with Gasteiger partial charge in [0.25, 0.3) is 0 Å². The van der Waals surface area contributed by atoms with E-state index in [2.05, 4.69) is 16.9 Å². The number of esters is 1. The first kappa shape index (κ1) is 18.7. The molecule has 1 aromatic heterocycles. The van der Waals surface area contributed by atoms with Crippen LogP contribution in [0.1, 0.15) is 18.9 Å². The SMILES string of the molecule is C=CCCOC(C)C(=O)N[C@H](Cc1c[nH]c2ccccc12)C(=O)OC. The molecule has 2 atom stereocenters. The molecule has 0 saturated heterocycles. The number of amides is 1. The van der Waals surface area contributed by atoms with Crippen LogP contribution in [0.2, 0.25) is 0 Å². The number of nitrogens with one attached hydrogen (secondary N) is 2. The summed E-state index contributed by atoms with van der Waals surface area (Å²) in [5.41, 5.74) is 1.92. The highest BCUT2D eigenvalue weighted by molar-refractivity contribution is 5.88. The molecule has 0 spiro atoms. The third-order valence-electron chi connectivity index (χ3n) is 3.96. The van der Waals surface area contributed by atoms with Crippen molar-refractivity contribution in [2.24, 2.45) is 0 Å². The summed E-state index contributed by atoms with van der Waals surface area (Å²) in [5.74, 6) is -0.837. The minimum absolute atomic E-state index is 0.335. The van der Waals surface area contributed by atoms with Crippen LogP contribution in [0.25, 0.3) is 10.9 Å². The first-order valence-electron chi connectivity index (χ1n) is 8.22. The van der Waals surface area contributed by atoms with E-state index in [1.165, 1.54) is 7.11 Å². The summed E-state index contributed by atoms with van der Waals surface area (Å²) in [6.45, 7) is 5.66. The molecule has 1 amide bonds. The number of hydrogen-bond acceptors (Lipinski definition) is 4. The fourth-order valence-electron chi connectivity index (χ4n) is 2.55. The molecular weight excluding hydrogens is 320 g/mol. The van der Waals surface area contributed by atoms with E-state index in [0.717, 1.165) is 16.5 Å². The monoisotopic (exact) mass is 344 g/mol. The summed E-state index contributed by atoms with van der Waals surface area (Å²) < 4.78 is 10.3. The van der Waals surface area contributed by atoms with Crippen LogP contribution in [-0.4, -0.2) is 42.7 Å². The Kier molecular flexibility index (Phi) is 6.77. The Labute approximate surface area is 147 Å². The lowest BCUT2D eigenvalue weighted by atomic mass is 10.0. The van der Waals surface area contributed by atoms with Crippen LogP contribution in [0.3, 0.4) is 0 Å². The van der Waals surface area contributed by atoms with E-state index in [1.807, 2.05) is 30.5 Å². The van der Waals surface area contributed by atoms with Crippen molar-refractivity contribution >= 4 is 22.8 Å². The summed E-state index contributed by atoms with van der Waals surface area (Å²) in [7, 11) is 1.31. The fourth-order valence-corrected chi connectivity index (χ4v) is 2.55. The van der Waals surface area contributed by atoms with Gasteiger partial charge in [-0.25, -0.2) is 4.79 Å². The van der Waals surface area contributed by atoms with Crippen LogP contribution in [0.15, 0.2) is 43.1 Å². The fraction of sp³-hybridized carbons (Fsp3) is 0.368. The summed E-state index contributed by atoms with van der Waals surface area (Å²) in [4.78, 5) is 27.5. The number of carbonyl (C=O) groups excluding carboxylic acids is 2. The third kappa shape index (κ3) is 4.93. The third-order valence-corrected chi connectivity index (χ3v) is 3.96. The van der Waals surface area contributed by atoms with Gasteiger partial charge in [0.05, 0.1) is 13.7 Å². The molecule has 0 fully saturated rings. The van der Waals surface area contributed by atoms with E-state index < -0.39 is 18.1 Å². The maximum absolute atomic E-state index is 12.3. The molecular formula is C19H24N2O4. The number of fused-ring (bicyclic) bond motifs is 1. The molecule has 0 aliphatic heterocycles. The van der Waals surface area contributed by atoms with Gasteiger partial charge in [-0.15, -0.1) is 6.58 Å². The Morgan fingerprint density at radius 2 is 2.12 bits per heavy atom. The first-order valence-corrected chi connectivity index (χ1v) is 8.22. The molecule has 2 N–H and O–H groups in total. The number of carbonyl (C=O) groups is 2. The van der Waals surface area contributed by atoms with Crippen LogP contribution in [-0.2, 0) is 25.5 Å². The highest BCUT2D eigenvalue weighted by Gasteiger charge is 2.25. The second-order valence-electron chi connectivity index (χ2n) is 5.74. The van der Waals surface area contributed by atoms with Gasteiger partial charge in [0, 0.05) is 23.5 Å². The standard InChI is InChI=1S/C19H24N2O4/c1-4-5-10-25-13(2)18(22)21-17(19(23)24-3)11-14-12-20-16-9-7-6-8-15(14)16/h4,6-9,12-13,17,20H,1,5,10-11H2,2-3H3,(H,21,22)/t13?,17-/m1/s1. The molecule has 0 aliphatic carbocycles. The van der Waals surface area contributed by atoms with Gasteiger partial charge in [-0.3, -0.25) is 4.79 Å². The number of ether oxygens (including phenoxy) is 2. The van der Waals surface area contributed by atoms with Gasteiger partial charge in [0.2, 0.25) is 5.91 Å². The number of H-pyrrole nitrogens is 1. The van der Waals surface area contributed by atoms with E-state index in [0.29, 0.717) is 19.4 Å². The minimum atomic E-state index is -0.776. The number of methoxy groups -OCH3 is 1. The quantitative estimate of drug-likeness (QED) is 0.416. The van der Waals surface area contributed by atoms with Crippen LogP contribution < -0.4 is 5.32 Å². The van der Waals surface area contributed by atoms with Gasteiger partial charge in [-0.2, -0.15) is 0 Å². The molecule has 0 radical (unpaired) electrons. The van der Waals surface area contributed by atoms with Crippen molar-refractivity contribution in [3.05, 3.63) is 48.7 Å². The lowest BCUT2D eigenvalue weighted by molar-refractivity contribution is -0.146. The second kappa shape index (κ2) is 9.03. The molecule has 6 nitrogen and oxygen atoms in total. The van der Waals surface area contributed by atoms with Crippen molar-refractivity contribution in [2.45, 2.75) is 31.9 Å². The van der Waals surface area contributed by atoms with Gasteiger partial charge in [0.15, 0.2) is 0 Å². The Bertz CT molecular complexity index is 738. The number of aromatic nitrogens is 1. The van der Waals surface area contributed by atoms with Gasteiger partial charge in [0.1, 0.15) is 12.1 Å². The minimum Gasteiger partial charge on any atom is -0.467 e. The van der Waals surface area contributed by atoms with Crippen molar-refractivity contribution in [2.75, 3.05) is 13.7 Å². The van der Waals surface area contributed by atoms with E-state index >= 15 is 0 Å². The predicted octanol–water partition coefficient (Wildman–Crippen LogP) is 2.35. The molecule has 1 aromatic carbocycles. The van der Waals surface area contributed by atoms with Crippen molar-refractivity contribution in [3.8, 4) is 0 Å². The summed E-state index contributed by atoms with van der Waals surface area (Å²) in [5, 5.41) is 3.73. The zero-order valence-corrected chi connectivity index (χ0v) is 14.6. The maximum atomic E-state index is 12.3. The van der Waals surface area contributed by atoms with Gasteiger partial charge >= 0.3 is 5.97 Å². The topological polar surface area (TPSA) is 80.4 Å². The number of aromatic amines is 1. The average Bonchev–Trinajstić information content (AvgIpc) is 3.03. The summed E-state index contributed by atoms with van der Waals surface area (Å²) in [6.07, 6.45) is 3.90. The highest BCUT2D eigenvalue weighted by Crippen LogP contribution is 2.19. The zero-order chi connectivity index (χ0) is 18.2. The van der Waals surface area contributed by atoms with E-state index in [-0.39, 0.29) is 5.91 Å². The van der Waals surface area contributed by atoms with E-state index in [1.54, 1.807) is 13.0 Å². The molecule has 0 saturated carbocycles. The van der Waals surface area contributed by atoms with Gasteiger partial charge < -0.3 is 19.8 Å². The number of rotatable bonds is 9. The molecule has 6 heteroatoms. The number of para-hydroxylation sites is 1.